The van der Waals surface area contributed by atoms with Gasteiger partial charge < -0.3 is 13.9 Å². The SMILES string of the molecule is COc1ccccc1C(=O)NC(=O)COC(=O)c1occc1-c1ccccc1. The fourth-order valence-electron chi connectivity index (χ4n) is 2.57. The lowest BCUT2D eigenvalue weighted by atomic mass is 10.1. The highest BCUT2D eigenvalue weighted by Gasteiger charge is 2.20. The van der Waals surface area contributed by atoms with Crippen LogP contribution in [0, 0.1) is 0 Å². The van der Waals surface area contributed by atoms with E-state index in [0.29, 0.717) is 11.3 Å². The van der Waals surface area contributed by atoms with Crippen LogP contribution in [0.5, 0.6) is 5.75 Å². The van der Waals surface area contributed by atoms with Crippen LogP contribution >= 0.6 is 0 Å². The number of carbonyl (C=O) groups is 3. The summed E-state index contributed by atoms with van der Waals surface area (Å²) in [4.78, 5) is 36.4. The van der Waals surface area contributed by atoms with Crippen molar-refractivity contribution in [1.29, 1.82) is 0 Å². The van der Waals surface area contributed by atoms with Crippen molar-refractivity contribution in [2.45, 2.75) is 0 Å². The van der Waals surface area contributed by atoms with Crippen LogP contribution in [0.4, 0.5) is 0 Å². The number of hydrogen-bond acceptors (Lipinski definition) is 6. The summed E-state index contributed by atoms with van der Waals surface area (Å²) in [5.41, 5.74) is 1.53. The second-order valence-corrected chi connectivity index (χ2v) is 5.68. The van der Waals surface area contributed by atoms with Crippen molar-refractivity contribution in [2.24, 2.45) is 0 Å². The van der Waals surface area contributed by atoms with Crippen LogP contribution in [0.2, 0.25) is 0 Å². The lowest BCUT2D eigenvalue weighted by molar-refractivity contribution is -0.123. The molecular formula is C21H17NO6. The second-order valence-electron chi connectivity index (χ2n) is 5.68. The van der Waals surface area contributed by atoms with Gasteiger partial charge in [0.25, 0.3) is 11.8 Å². The van der Waals surface area contributed by atoms with Crippen LogP contribution < -0.4 is 10.1 Å². The van der Waals surface area contributed by atoms with Gasteiger partial charge in [-0.25, -0.2) is 4.79 Å². The zero-order valence-corrected chi connectivity index (χ0v) is 15.0. The first-order valence-electron chi connectivity index (χ1n) is 8.37. The summed E-state index contributed by atoms with van der Waals surface area (Å²) < 4.78 is 15.3. The molecule has 1 N–H and O–H groups in total. The highest BCUT2D eigenvalue weighted by atomic mass is 16.5. The van der Waals surface area contributed by atoms with Gasteiger partial charge in [0.05, 0.1) is 18.9 Å². The Bertz CT molecular complexity index is 993. The number of amides is 2. The number of methoxy groups -OCH3 is 1. The third kappa shape index (κ3) is 4.27. The van der Waals surface area contributed by atoms with Gasteiger partial charge in [-0.2, -0.15) is 0 Å². The van der Waals surface area contributed by atoms with E-state index in [4.69, 9.17) is 13.9 Å². The Morgan fingerprint density at radius 1 is 0.964 bits per heavy atom. The third-order valence-corrected chi connectivity index (χ3v) is 3.87. The topological polar surface area (TPSA) is 94.8 Å². The van der Waals surface area contributed by atoms with E-state index >= 15 is 0 Å². The first-order chi connectivity index (χ1) is 13.6. The molecule has 0 spiro atoms. The number of nitrogens with one attached hydrogen (secondary N) is 1. The minimum absolute atomic E-state index is 0.0185. The van der Waals surface area contributed by atoms with E-state index in [9.17, 15) is 14.4 Å². The highest BCUT2D eigenvalue weighted by molar-refractivity contribution is 6.07. The molecule has 1 aromatic heterocycles. The normalized spacial score (nSPS) is 10.2. The average molecular weight is 379 g/mol. The van der Waals surface area contributed by atoms with E-state index in [0.717, 1.165) is 5.56 Å². The van der Waals surface area contributed by atoms with Gasteiger partial charge in [0.1, 0.15) is 5.75 Å². The Labute approximate surface area is 160 Å². The van der Waals surface area contributed by atoms with Gasteiger partial charge in [0.2, 0.25) is 5.76 Å². The number of ether oxygens (including phenoxy) is 2. The van der Waals surface area contributed by atoms with E-state index in [1.165, 1.54) is 19.4 Å². The molecule has 1 heterocycles. The third-order valence-electron chi connectivity index (χ3n) is 3.87. The maximum Gasteiger partial charge on any atom is 0.375 e. The maximum absolute atomic E-state index is 12.3. The molecule has 2 aromatic carbocycles. The smallest absolute Gasteiger partial charge is 0.375 e. The average Bonchev–Trinajstić information content (AvgIpc) is 3.22. The summed E-state index contributed by atoms with van der Waals surface area (Å²) in [7, 11) is 1.42. The van der Waals surface area contributed by atoms with Gasteiger partial charge in [-0.3, -0.25) is 14.9 Å². The van der Waals surface area contributed by atoms with Crippen molar-refractivity contribution in [3.63, 3.8) is 0 Å². The van der Waals surface area contributed by atoms with Gasteiger partial charge in [-0.1, -0.05) is 42.5 Å². The maximum atomic E-state index is 12.3. The van der Waals surface area contributed by atoms with E-state index in [1.54, 1.807) is 24.3 Å². The van der Waals surface area contributed by atoms with Gasteiger partial charge >= 0.3 is 5.97 Å². The number of imide groups is 1. The number of esters is 1. The molecule has 7 nitrogen and oxygen atoms in total. The number of carbonyl (C=O) groups excluding carboxylic acids is 3. The van der Waals surface area contributed by atoms with Gasteiger partial charge in [-0.05, 0) is 23.8 Å². The standard InChI is InChI=1S/C21H17NO6/c1-26-17-10-6-5-9-16(17)20(24)22-18(23)13-28-21(25)19-15(11-12-27-19)14-7-3-2-4-8-14/h2-12H,13H2,1H3,(H,22,23,24). The van der Waals surface area contributed by atoms with Crippen molar-refractivity contribution in [2.75, 3.05) is 13.7 Å². The fraction of sp³-hybridized carbons (Fsp3) is 0.0952. The van der Waals surface area contributed by atoms with E-state index in [-0.39, 0.29) is 11.3 Å². The molecule has 2 amide bonds. The Morgan fingerprint density at radius 3 is 2.43 bits per heavy atom. The van der Waals surface area contributed by atoms with Crippen molar-refractivity contribution in [3.05, 3.63) is 78.3 Å². The predicted molar refractivity (Wildman–Crippen MR) is 99.9 cm³/mol. The molecule has 142 valence electrons. The molecule has 3 aromatic rings. The summed E-state index contributed by atoms with van der Waals surface area (Å²) in [6, 6.07) is 17.2. The number of para-hydroxylation sites is 1. The highest BCUT2D eigenvalue weighted by Crippen LogP contribution is 2.25. The van der Waals surface area contributed by atoms with E-state index < -0.39 is 24.4 Å². The molecule has 0 saturated carbocycles. The number of furan rings is 1. The lowest BCUT2D eigenvalue weighted by Gasteiger charge is -2.08. The molecule has 0 aliphatic rings. The molecule has 0 aliphatic heterocycles. The fourth-order valence-corrected chi connectivity index (χ4v) is 2.57. The van der Waals surface area contributed by atoms with Crippen LogP contribution in [-0.2, 0) is 9.53 Å². The monoisotopic (exact) mass is 379 g/mol. The van der Waals surface area contributed by atoms with Crippen LogP contribution in [-0.4, -0.2) is 31.5 Å². The Kier molecular flexibility index (Phi) is 5.86. The molecule has 0 atom stereocenters. The molecule has 0 fully saturated rings. The Balaban J connectivity index is 1.60. The van der Waals surface area contributed by atoms with Crippen molar-refractivity contribution in [3.8, 4) is 16.9 Å². The summed E-state index contributed by atoms with van der Waals surface area (Å²) in [5.74, 6) is -1.91. The summed E-state index contributed by atoms with van der Waals surface area (Å²) >= 11 is 0. The van der Waals surface area contributed by atoms with Crippen LogP contribution in [0.1, 0.15) is 20.9 Å². The molecule has 0 bridgehead atoms. The minimum Gasteiger partial charge on any atom is -0.496 e. The van der Waals surface area contributed by atoms with Crippen LogP contribution in [0.25, 0.3) is 11.1 Å². The number of benzene rings is 2. The Hall–Kier alpha value is -3.87. The molecule has 0 unspecified atom stereocenters. The first-order valence-corrected chi connectivity index (χ1v) is 8.37. The van der Waals surface area contributed by atoms with Crippen molar-refractivity contribution < 1.29 is 28.3 Å². The molecule has 0 aliphatic carbocycles. The van der Waals surface area contributed by atoms with Crippen LogP contribution in [0.3, 0.4) is 0 Å². The Morgan fingerprint density at radius 2 is 1.68 bits per heavy atom. The molecular weight excluding hydrogens is 362 g/mol. The summed E-state index contributed by atoms with van der Waals surface area (Å²) in [5, 5.41) is 2.15. The summed E-state index contributed by atoms with van der Waals surface area (Å²) in [6.07, 6.45) is 1.37. The van der Waals surface area contributed by atoms with E-state index in [2.05, 4.69) is 5.32 Å². The quantitative estimate of drug-likeness (QED) is 0.662. The summed E-state index contributed by atoms with van der Waals surface area (Å²) in [6.45, 7) is -0.630. The number of rotatable bonds is 6. The second kappa shape index (κ2) is 8.68. The van der Waals surface area contributed by atoms with Gasteiger partial charge in [-0.15, -0.1) is 0 Å². The molecule has 28 heavy (non-hydrogen) atoms. The van der Waals surface area contributed by atoms with Gasteiger partial charge in [0, 0.05) is 5.56 Å². The lowest BCUT2D eigenvalue weighted by Crippen LogP contribution is -2.34. The molecule has 0 saturated heterocycles. The van der Waals surface area contributed by atoms with Crippen molar-refractivity contribution in [1.82, 2.24) is 5.32 Å². The van der Waals surface area contributed by atoms with Gasteiger partial charge in [0.15, 0.2) is 6.61 Å². The zero-order valence-electron chi connectivity index (χ0n) is 15.0. The number of hydrogen-bond donors (Lipinski definition) is 1. The molecule has 3 rings (SSSR count). The first kappa shape index (κ1) is 18.9. The van der Waals surface area contributed by atoms with Crippen molar-refractivity contribution >= 4 is 17.8 Å². The van der Waals surface area contributed by atoms with Crippen LogP contribution in [0.15, 0.2) is 71.3 Å². The molecule has 7 heteroatoms. The zero-order chi connectivity index (χ0) is 19.9. The predicted octanol–water partition coefficient (Wildman–Crippen LogP) is 3.07. The molecule has 0 radical (unpaired) electrons. The van der Waals surface area contributed by atoms with E-state index in [1.807, 2.05) is 30.3 Å². The minimum atomic E-state index is -0.802. The largest absolute Gasteiger partial charge is 0.496 e.